The molecule has 108 valence electrons. The zero-order valence-corrected chi connectivity index (χ0v) is 12.7. The fourth-order valence-corrected chi connectivity index (χ4v) is 1.83. The van der Waals surface area contributed by atoms with Gasteiger partial charge in [-0.05, 0) is 36.4 Å². The molecule has 0 aliphatic rings. The van der Waals surface area contributed by atoms with E-state index in [0.717, 1.165) is 4.47 Å². The van der Waals surface area contributed by atoms with Crippen LogP contribution in [-0.4, -0.2) is 19.0 Å². The second-order valence-corrected chi connectivity index (χ2v) is 4.94. The first-order valence-corrected chi connectivity index (χ1v) is 6.80. The van der Waals surface area contributed by atoms with Crippen molar-refractivity contribution in [3.8, 4) is 0 Å². The van der Waals surface area contributed by atoms with E-state index in [0.29, 0.717) is 11.3 Å². The maximum absolute atomic E-state index is 12.1. The quantitative estimate of drug-likeness (QED) is 0.680. The molecule has 5 nitrogen and oxygen atoms in total. The van der Waals surface area contributed by atoms with Crippen molar-refractivity contribution < 1.29 is 18.7 Å². The van der Waals surface area contributed by atoms with Crippen molar-refractivity contribution in [3.63, 3.8) is 0 Å². The molecule has 0 unspecified atom stereocenters. The van der Waals surface area contributed by atoms with Gasteiger partial charge in [-0.2, -0.15) is 0 Å². The topological polar surface area (TPSA) is 68.5 Å². The lowest BCUT2D eigenvalue weighted by atomic mass is 10.2. The van der Waals surface area contributed by atoms with Crippen LogP contribution in [0.3, 0.4) is 0 Å². The summed E-state index contributed by atoms with van der Waals surface area (Å²) < 4.78 is 10.6. The van der Waals surface area contributed by atoms with Crippen LogP contribution >= 0.6 is 15.9 Å². The summed E-state index contributed by atoms with van der Waals surface area (Å²) in [5.41, 5.74) is 0.424. The van der Waals surface area contributed by atoms with Gasteiger partial charge in [-0.1, -0.05) is 15.9 Å². The Kier molecular flexibility index (Phi) is 4.94. The number of methoxy groups -OCH3 is 1. The molecule has 0 saturated heterocycles. The van der Waals surface area contributed by atoms with Crippen molar-refractivity contribution in [2.24, 2.45) is 0 Å². The number of carbonyl (C=O) groups excluding carboxylic acids is 2. The average molecular weight is 350 g/mol. The van der Waals surface area contributed by atoms with E-state index in [2.05, 4.69) is 26.0 Å². The fourth-order valence-electron chi connectivity index (χ4n) is 1.57. The van der Waals surface area contributed by atoms with Crippen LogP contribution in [0.1, 0.15) is 16.1 Å². The summed E-state index contributed by atoms with van der Waals surface area (Å²) in [7, 11) is 1.24. The van der Waals surface area contributed by atoms with Gasteiger partial charge in [-0.15, -0.1) is 0 Å². The van der Waals surface area contributed by atoms with Crippen molar-refractivity contribution in [3.05, 3.63) is 64.2 Å². The first-order chi connectivity index (χ1) is 10.1. The van der Waals surface area contributed by atoms with Gasteiger partial charge in [0, 0.05) is 16.1 Å². The highest BCUT2D eigenvalue weighted by Crippen LogP contribution is 2.12. The molecule has 1 heterocycles. The summed E-state index contributed by atoms with van der Waals surface area (Å²) in [5.74, 6) is -0.630. The van der Waals surface area contributed by atoms with Crippen LogP contribution in [0.5, 0.6) is 0 Å². The van der Waals surface area contributed by atoms with Crippen LogP contribution in [0, 0.1) is 0 Å². The fraction of sp³-hybridized carbons (Fsp3) is 0.0667. The Bertz CT molecular complexity index is 659. The SMILES string of the molecule is COC(=O)C(=Cc1ccco1)NC(=O)c1ccc(Br)cc1. The molecule has 0 spiro atoms. The zero-order valence-electron chi connectivity index (χ0n) is 11.1. The Balaban J connectivity index is 2.21. The van der Waals surface area contributed by atoms with Crippen molar-refractivity contribution in [2.75, 3.05) is 7.11 Å². The van der Waals surface area contributed by atoms with Gasteiger partial charge in [0.1, 0.15) is 11.5 Å². The lowest BCUT2D eigenvalue weighted by Crippen LogP contribution is -2.28. The Morgan fingerprint density at radius 3 is 2.52 bits per heavy atom. The summed E-state index contributed by atoms with van der Waals surface area (Å²) in [6.07, 6.45) is 2.87. The van der Waals surface area contributed by atoms with Crippen molar-refractivity contribution in [2.45, 2.75) is 0 Å². The Morgan fingerprint density at radius 1 is 1.24 bits per heavy atom. The molecule has 0 atom stereocenters. The van der Waals surface area contributed by atoms with Crippen LogP contribution in [0.25, 0.3) is 6.08 Å². The maximum atomic E-state index is 12.1. The van der Waals surface area contributed by atoms with Crippen molar-refractivity contribution in [1.29, 1.82) is 0 Å². The molecule has 0 aliphatic heterocycles. The van der Waals surface area contributed by atoms with Gasteiger partial charge in [0.2, 0.25) is 0 Å². The number of esters is 1. The van der Waals surface area contributed by atoms with Crippen LogP contribution in [0.15, 0.2) is 57.2 Å². The van der Waals surface area contributed by atoms with Crippen LogP contribution < -0.4 is 5.32 Å². The standard InChI is InChI=1S/C15H12BrNO4/c1-20-15(19)13(9-12-3-2-8-21-12)17-14(18)10-4-6-11(16)7-5-10/h2-9H,1H3,(H,17,18). The number of rotatable bonds is 4. The smallest absolute Gasteiger partial charge is 0.354 e. The predicted molar refractivity (Wildman–Crippen MR) is 80.3 cm³/mol. The van der Waals surface area contributed by atoms with E-state index in [1.807, 2.05) is 0 Å². The number of hydrogen-bond acceptors (Lipinski definition) is 4. The summed E-state index contributed by atoms with van der Waals surface area (Å²) in [5, 5.41) is 2.51. The van der Waals surface area contributed by atoms with E-state index >= 15 is 0 Å². The second-order valence-electron chi connectivity index (χ2n) is 4.03. The van der Waals surface area contributed by atoms with Gasteiger partial charge in [0.25, 0.3) is 5.91 Å². The number of amides is 1. The molecule has 0 saturated carbocycles. The molecule has 2 rings (SSSR count). The van der Waals surface area contributed by atoms with E-state index in [9.17, 15) is 9.59 Å². The molecule has 6 heteroatoms. The normalized spacial score (nSPS) is 11.0. The maximum Gasteiger partial charge on any atom is 0.354 e. The lowest BCUT2D eigenvalue weighted by molar-refractivity contribution is -0.136. The Morgan fingerprint density at radius 2 is 1.95 bits per heavy atom. The average Bonchev–Trinajstić information content (AvgIpc) is 2.99. The highest BCUT2D eigenvalue weighted by atomic mass is 79.9. The summed E-state index contributed by atoms with van der Waals surface area (Å²) in [4.78, 5) is 23.8. The second kappa shape index (κ2) is 6.90. The number of halogens is 1. The van der Waals surface area contributed by atoms with Gasteiger partial charge in [-0.3, -0.25) is 4.79 Å². The molecule has 1 N–H and O–H groups in total. The number of benzene rings is 1. The molecule has 0 aliphatic carbocycles. The molecule has 1 aromatic carbocycles. The lowest BCUT2D eigenvalue weighted by Gasteiger charge is -2.07. The Labute approximate surface area is 129 Å². The zero-order chi connectivity index (χ0) is 15.2. The number of nitrogens with one attached hydrogen (secondary N) is 1. The van der Waals surface area contributed by atoms with Crippen LogP contribution in [0.2, 0.25) is 0 Å². The predicted octanol–water partition coefficient (Wildman–Crippen LogP) is 2.99. The van der Waals surface area contributed by atoms with Crippen LogP contribution in [0.4, 0.5) is 0 Å². The van der Waals surface area contributed by atoms with Gasteiger partial charge >= 0.3 is 5.97 Å². The molecular formula is C15H12BrNO4. The third-order valence-electron chi connectivity index (χ3n) is 2.59. The largest absolute Gasteiger partial charge is 0.465 e. The van der Waals surface area contributed by atoms with E-state index in [4.69, 9.17) is 4.42 Å². The molecule has 1 amide bonds. The van der Waals surface area contributed by atoms with E-state index in [-0.39, 0.29) is 5.70 Å². The number of ether oxygens (including phenoxy) is 1. The highest BCUT2D eigenvalue weighted by molar-refractivity contribution is 9.10. The van der Waals surface area contributed by atoms with Crippen molar-refractivity contribution >= 4 is 33.9 Å². The monoisotopic (exact) mass is 349 g/mol. The van der Waals surface area contributed by atoms with Crippen molar-refractivity contribution in [1.82, 2.24) is 5.32 Å². The molecule has 1 aromatic heterocycles. The summed E-state index contributed by atoms with van der Waals surface area (Å²) in [6.45, 7) is 0. The molecule has 21 heavy (non-hydrogen) atoms. The molecular weight excluding hydrogens is 338 g/mol. The number of hydrogen-bond donors (Lipinski definition) is 1. The third kappa shape index (κ3) is 4.06. The molecule has 0 bridgehead atoms. The van der Waals surface area contributed by atoms with Gasteiger partial charge in [0.15, 0.2) is 0 Å². The minimum absolute atomic E-state index is 0.000341. The van der Waals surface area contributed by atoms with Gasteiger partial charge in [0.05, 0.1) is 13.4 Å². The van der Waals surface area contributed by atoms with E-state index in [1.54, 1.807) is 36.4 Å². The Hall–Kier alpha value is -2.34. The van der Waals surface area contributed by atoms with Gasteiger partial charge in [-0.25, -0.2) is 4.79 Å². The minimum Gasteiger partial charge on any atom is -0.465 e. The highest BCUT2D eigenvalue weighted by Gasteiger charge is 2.15. The third-order valence-corrected chi connectivity index (χ3v) is 3.12. The first kappa shape index (κ1) is 15.1. The number of furan rings is 1. The minimum atomic E-state index is -0.656. The van der Waals surface area contributed by atoms with Gasteiger partial charge < -0.3 is 14.5 Å². The van der Waals surface area contributed by atoms with Crippen LogP contribution in [-0.2, 0) is 9.53 Å². The molecule has 0 radical (unpaired) electrons. The van der Waals surface area contributed by atoms with E-state index in [1.165, 1.54) is 19.4 Å². The van der Waals surface area contributed by atoms with E-state index < -0.39 is 11.9 Å². The molecule has 2 aromatic rings. The summed E-state index contributed by atoms with van der Waals surface area (Å²) >= 11 is 3.29. The summed E-state index contributed by atoms with van der Waals surface area (Å²) in [6, 6.07) is 10.1. The molecule has 0 fully saturated rings. The number of carbonyl (C=O) groups is 2. The first-order valence-electron chi connectivity index (χ1n) is 6.00.